The summed E-state index contributed by atoms with van der Waals surface area (Å²) in [6.07, 6.45) is 0. The maximum Gasteiger partial charge on any atom is 0.253 e. The van der Waals surface area contributed by atoms with E-state index in [1.807, 2.05) is 56.3 Å². The van der Waals surface area contributed by atoms with Gasteiger partial charge >= 0.3 is 0 Å². The highest BCUT2D eigenvalue weighted by atomic mass is 16.1. The molecule has 1 aliphatic rings. The topological polar surface area (TPSA) is 62.3 Å². The zero-order chi connectivity index (χ0) is 19.1. The van der Waals surface area contributed by atoms with E-state index >= 15 is 0 Å². The Morgan fingerprint density at radius 3 is 2.52 bits per heavy atom. The number of ketones is 1. The number of nitrogens with zero attached hydrogens (tertiary/aromatic N) is 2. The molecule has 1 aromatic heterocycles. The number of aromatic nitrogens is 1. The van der Waals surface area contributed by atoms with Crippen molar-refractivity contribution >= 4 is 22.6 Å². The van der Waals surface area contributed by atoms with Crippen LogP contribution in [0.4, 0.5) is 0 Å². The van der Waals surface area contributed by atoms with E-state index in [4.69, 9.17) is 0 Å². The average molecular weight is 359 g/mol. The Hall–Kier alpha value is -3.05. The number of aryl methyl sites for hydroxylation is 1. The summed E-state index contributed by atoms with van der Waals surface area (Å²) in [6.45, 7) is 3.22. The molecule has 0 radical (unpaired) electrons. The molecule has 1 heterocycles. The van der Waals surface area contributed by atoms with Crippen molar-refractivity contribution < 1.29 is 9.59 Å². The molecule has 0 saturated carbocycles. The number of hydrogen-bond donors (Lipinski definition) is 1. The molecule has 0 unspecified atom stereocenters. The maximum atomic E-state index is 13.0. The number of nitrogens with one attached hydrogen (secondary N) is 1. The molecule has 0 fully saturated rings. The summed E-state index contributed by atoms with van der Waals surface area (Å²) in [5.74, 6) is -0.188. The normalized spacial score (nSPS) is 12.4. The van der Waals surface area contributed by atoms with Crippen molar-refractivity contribution in [1.82, 2.24) is 15.2 Å². The van der Waals surface area contributed by atoms with Crippen LogP contribution in [0.2, 0.25) is 0 Å². The summed E-state index contributed by atoms with van der Waals surface area (Å²) in [7, 11) is 3.92. The van der Waals surface area contributed by atoms with E-state index in [-0.39, 0.29) is 11.7 Å². The SMILES string of the molecule is Cc1cc2c3c(ccc(C(=O)NCCN(C)C)c3n1)C(=O)c1ccccc1-2. The molecule has 3 aromatic rings. The molecule has 136 valence electrons. The Bertz CT molecular complexity index is 1090. The number of benzene rings is 2. The van der Waals surface area contributed by atoms with Gasteiger partial charge in [-0.1, -0.05) is 24.3 Å². The van der Waals surface area contributed by atoms with Gasteiger partial charge < -0.3 is 10.2 Å². The first-order valence-corrected chi connectivity index (χ1v) is 8.99. The molecule has 4 rings (SSSR count). The second-order valence-corrected chi connectivity index (χ2v) is 7.13. The fourth-order valence-electron chi connectivity index (χ4n) is 3.60. The van der Waals surface area contributed by atoms with Gasteiger partial charge in [-0.25, -0.2) is 0 Å². The quantitative estimate of drug-likeness (QED) is 0.608. The van der Waals surface area contributed by atoms with Gasteiger partial charge in [-0.15, -0.1) is 0 Å². The van der Waals surface area contributed by atoms with E-state index in [1.165, 1.54) is 0 Å². The van der Waals surface area contributed by atoms with Crippen molar-refractivity contribution in [3.8, 4) is 11.1 Å². The lowest BCUT2D eigenvalue weighted by atomic mass is 9.83. The lowest BCUT2D eigenvalue weighted by Gasteiger charge is -2.21. The Labute approximate surface area is 158 Å². The molecule has 0 atom stereocenters. The standard InChI is InChI=1S/C22H21N3O2/c1-13-12-18-14-6-4-5-7-15(14)21(26)16-8-9-17(20(24-13)19(16)18)22(27)23-10-11-25(2)3/h4-9,12H,10-11H2,1-3H3,(H,23,27). The van der Waals surface area contributed by atoms with Crippen LogP contribution in [-0.4, -0.2) is 48.8 Å². The van der Waals surface area contributed by atoms with Crippen molar-refractivity contribution in [2.75, 3.05) is 27.2 Å². The Morgan fingerprint density at radius 2 is 1.78 bits per heavy atom. The van der Waals surface area contributed by atoms with E-state index in [2.05, 4.69) is 10.3 Å². The van der Waals surface area contributed by atoms with Crippen LogP contribution in [0.3, 0.4) is 0 Å². The first kappa shape index (κ1) is 17.4. The van der Waals surface area contributed by atoms with Crippen LogP contribution in [0.15, 0.2) is 42.5 Å². The van der Waals surface area contributed by atoms with Gasteiger partial charge in [0.2, 0.25) is 0 Å². The second-order valence-electron chi connectivity index (χ2n) is 7.13. The monoisotopic (exact) mass is 359 g/mol. The number of likely N-dealkylation sites (N-methyl/N-ethyl adjacent to an activating group) is 1. The molecule has 27 heavy (non-hydrogen) atoms. The lowest BCUT2D eigenvalue weighted by Crippen LogP contribution is -2.31. The predicted molar refractivity (Wildman–Crippen MR) is 106 cm³/mol. The Kier molecular flexibility index (Phi) is 4.24. The number of amides is 1. The maximum absolute atomic E-state index is 13.0. The smallest absolute Gasteiger partial charge is 0.253 e. The minimum absolute atomic E-state index is 0.0201. The number of rotatable bonds is 4. The van der Waals surface area contributed by atoms with Gasteiger partial charge in [-0.2, -0.15) is 0 Å². The van der Waals surface area contributed by atoms with Crippen molar-refractivity contribution in [2.24, 2.45) is 0 Å². The minimum atomic E-state index is -0.168. The summed E-state index contributed by atoms with van der Waals surface area (Å²) in [5.41, 5.74) is 5.08. The number of carbonyl (C=O) groups is 2. The molecule has 1 N–H and O–H groups in total. The molecule has 1 amide bonds. The van der Waals surface area contributed by atoms with E-state index in [0.29, 0.717) is 28.8 Å². The molecule has 0 bridgehead atoms. The lowest BCUT2D eigenvalue weighted by molar-refractivity contribution is 0.0951. The number of carbonyl (C=O) groups excluding carboxylic acids is 2. The van der Waals surface area contributed by atoms with Crippen LogP contribution in [0.1, 0.15) is 32.0 Å². The van der Waals surface area contributed by atoms with Crippen LogP contribution in [-0.2, 0) is 0 Å². The highest BCUT2D eigenvalue weighted by molar-refractivity contribution is 6.27. The second kappa shape index (κ2) is 6.59. The van der Waals surface area contributed by atoms with E-state index in [0.717, 1.165) is 28.8 Å². The molecule has 5 heteroatoms. The van der Waals surface area contributed by atoms with Crippen LogP contribution in [0, 0.1) is 6.92 Å². The van der Waals surface area contributed by atoms with Crippen LogP contribution >= 0.6 is 0 Å². The summed E-state index contributed by atoms with van der Waals surface area (Å²) < 4.78 is 0. The van der Waals surface area contributed by atoms with Crippen molar-refractivity contribution in [3.63, 3.8) is 0 Å². The summed E-state index contributed by atoms with van der Waals surface area (Å²) in [6, 6.07) is 13.1. The minimum Gasteiger partial charge on any atom is -0.351 e. The number of fused-ring (bicyclic) bond motifs is 2. The van der Waals surface area contributed by atoms with Gasteiger partial charge in [0, 0.05) is 35.3 Å². The Balaban J connectivity index is 1.89. The molecular weight excluding hydrogens is 338 g/mol. The van der Waals surface area contributed by atoms with Gasteiger partial charge in [0.05, 0.1) is 11.1 Å². The third kappa shape index (κ3) is 2.90. The molecule has 0 saturated heterocycles. The molecule has 0 aliphatic heterocycles. The van der Waals surface area contributed by atoms with Crippen molar-refractivity contribution in [2.45, 2.75) is 6.92 Å². The van der Waals surface area contributed by atoms with Crippen LogP contribution in [0.25, 0.3) is 22.0 Å². The third-order valence-corrected chi connectivity index (χ3v) is 4.88. The Morgan fingerprint density at radius 1 is 1.04 bits per heavy atom. The number of hydrogen-bond acceptors (Lipinski definition) is 4. The molecular formula is C22H21N3O2. The summed E-state index contributed by atoms with van der Waals surface area (Å²) in [5, 5.41) is 3.71. The molecule has 0 spiro atoms. The molecule has 5 nitrogen and oxygen atoms in total. The van der Waals surface area contributed by atoms with Gasteiger partial charge in [-0.3, -0.25) is 14.6 Å². The van der Waals surface area contributed by atoms with Crippen molar-refractivity contribution in [3.05, 3.63) is 64.8 Å². The van der Waals surface area contributed by atoms with Gasteiger partial charge in [0.1, 0.15) is 0 Å². The fourth-order valence-corrected chi connectivity index (χ4v) is 3.60. The van der Waals surface area contributed by atoms with Gasteiger partial charge in [0.25, 0.3) is 5.91 Å². The zero-order valence-electron chi connectivity index (χ0n) is 15.7. The first-order chi connectivity index (χ1) is 13.0. The average Bonchev–Trinajstić information content (AvgIpc) is 2.65. The van der Waals surface area contributed by atoms with E-state index < -0.39 is 0 Å². The predicted octanol–water partition coefficient (Wildman–Crippen LogP) is 3.05. The highest BCUT2D eigenvalue weighted by Gasteiger charge is 2.27. The molecule has 1 aliphatic carbocycles. The number of pyridine rings is 1. The largest absolute Gasteiger partial charge is 0.351 e. The highest BCUT2D eigenvalue weighted by Crippen LogP contribution is 2.40. The van der Waals surface area contributed by atoms with Gasteiger partial charge in [0.15, 0.2) is 5.78 Å². The van der Waals surface area contributed by atoms with Crippen molar-refractivity contribution in [1.29, 1.82) is 0 Å². The third-order valence-electron chi connectivity index (χ3n) is 4.88. The summed E-state index contributed by atoms with van der Waals surface area (Å²) in [4.78, 5) is 32.4. The van der Waals surface area contributed by atoms with Crippen LogP contribution in [0.5, 0.6) is 0 Å². The fraction of sp³-hybridized carbons (Fsp3) is 0.227. The zero-order valence-corrected chi connectivity index (χ0v) is 15.7. The first-order valence-electron chi connectivity index (χ1n) is 8.99. The summed E-state index contributed by atoms with van der Waals surface area (Å²) >= 11 is 0. The van der Waals surface area contributed by atoms with Crippen LogP contribution < -0.4 is 5.32 Å². The molecule has 2 aromatic carbocycles. The van der Waals surface area contributed by atoms with Gasteiger partial charge in [-0.05, 0) is 50.3 Å². The van der Waals surface area contributed by atoms with E-state index in [9.17, 15) is 9.59 Å². The van der Waals surface area contributed by atoms with E-state index in [1.54, 1.807) is 12.1 Å².